The highest BCUT2D eigenvalue weighted by Gasteiger charge is 2.23. The molecular formula is C11H10F2N4O2S. The number of aryl methyl sites for hydroxylation is 1. The molecule has 0 unspecified atom stereocenters. The maximum absolute atomic E-state index is 14.0. The number of nitro benzene ring substituents is 1. The van der Waals surface area contributed by atoms with Gasteiger partial charge in [-0.25, -0.2) is 4.39 Å². The number of halogens is 2. The molecule has 0 spiro atoms. The lowest BCUT2D eigenvalue weighted by molar-refractivity contribution is -0.387. The van der Waals surface area contributed by atoms with Crippen LogP contribution in [0.2, 0.25) is 0 Å². The Bertz CT molecular complexity index is 647. The Morgan fingerprint density at radius 1 is 1.35 bits per heavy atom. The summed E-state index contributed by atoms with van der Waals surface area (Å²) >= 11 is 1.06. The summed E-state index contributed by atoms with van der Waals surface area (Å²) in [6.07, 6.45) is 1.27. The van der Waals surface area contributed by atoms with Crippen molar-refractivity contribution in [3.63, 3.8) is 0 Å². The van der Waals surface area contributed by atoms with E-state index in [1.807, 2.05) is 0 Å². The number of hydrogen-bond acceptors (Lipinski definition) is 6. The van der Waals surface area contributed by atoms with Crippen LogP contribution < -0.4 is 5.73 Å². The summed E-state index contributed by atoms with van der Waals surface area (Å²) in [7, 11) is 0. The highest BCUT2D eigenvalue weighted by molar-refractivity contribution is 7.14. The molecule has 2 rings (SSSR count). The first-order valence-electron chi connectivity index (χ1n) is 5.69. The fraction of sp³-hybridized carbons (Fsp3) is 0.273. The summed E-state index contributed by atoms with van der Waals surface area (Å²) in [4.78, 5) is 9.68. The minimum atomic E-state index is -1.11. The highest BCUT2D eigenvalue weighted by Crippen LogP contribution is 2.32. The quantitative estimate of drug-likeness (QED) is 0.675. The van der Waals surface area contributed by atoms with E-state index in [-0.39, 0.29) is 10.6 Å². The number of benzene rings is 1. The molecule has 106 valence electrons. The molecule has 0 saturated heterocycles. The van der Waals surface area contributed by atoms with Crippen LogP contribution in [-0.2, 0) is 6.42 Å². The van der Waals surface area contributed by atoms with Crippen LogP contribution in [0.1, 0.15) is 11.4 Å². The summed E-state index contributed by atoms with van der Waals surface area (Å²) in [5.74, 6) is -2.01. The molecule has 0 aliphatic rings. The minimum Gasteiger partial charge on any atom is -0.330 e. The molecule has 0 fully saturated rings. The van der Waals surface area contributed by atoms with Crippen molar-refractivity contribution in [2.24, 2.45) is 5.73 Å². The molecule has 0 saturated carbocycles. The van der Waals surface area contributed by atoms with E-state index in [2.05, 4.69) is 10.2 Å². The van der Waals surface area contributed by atoms with E-state index >= 15 is 0 Å². The zero-order valence-electron chi connectivity index (χ0n) is 10.2. The summed E-state index contributed by atoms with van der Waals surface area (Å²) in [6.45, 7) is 0.481. The molecule has 0 radical (unpaired) electrons. The first-order valence-corrected chi connectivity index (χ1v) is 6.51. The standard InChI is InChI=1S/C11H10F2N4O2S/c12-6-4-7(10(13)8(5-6)17(18)19)11-16-15-9(20-11)2-1-3-14/h4-5H,1-3,14H2. The zero-order valence-corrected chi connectivity index (χ0v) is 11.0. The van der Waals surface area contributed by atoms with Crippen LogP contribution in [0.25, 0.3) is 10.6 Å². The van der Waals surface area contributed by atoms with Gasteiger partial charge < -0.3 is 5.73 Å². The van der Waals surface area contributed by atoms with Crippen molar-refractivity contribution in [1.82, 2.24) is 10.2 Å². The average molecular weight is 300 g/mol. The lowest BCUT2D eigenvalue weighted by Crippen LogP contribution is -1.99. The van der Waals surface area contributed by atoms with Gasteiger partial charge in [0.1, 0.15) is 10.8 Å². The van der Waals surface area contributed by atoms with E-state index in [9.17, 15) is 18.9 Å². The fourth-order valence-corrected chi connectivity index (χ4v) is 2.47. The third-order valence-electron chi connectivity index (χ3n) is 2.51. The summed E-state index contributed by atoms with van der Waals surface area (Å²) in [5, 5.41) is 19.0. The van der Waals surface area contributed by atoms with Crippen molar-refractivity contribution in [3.05, 3.63) is 38.9 Å². The van der Waals surface area contributed by atoms with Crippen molar-refractivity contribution in [1.29, 1.82) is 0 Å². The van der Waals surface area contributed by atoms with E-state index in [4.69, 9.17) is 5.73 Å². The zero-order chi connectivity index (χ0) is 14.7. The maximum atomic E-state index is 14.0. The number of nitro groups is 1. The number of nitrogens with zero attached hydrogens (tertiary/aromatic N) is 3. The normalized spacial score (nSPS) is 10.8. The van der Waals surface area contributed by atoms with Crippen LogP contribution in [0.4, 0.5) is 14.5 Å². The molecule has 2 aromatic rings. The SMILES string of the molecule is NCCCc1nnc(-c2cc(F)cc([N+](=O)[O-])c2F)s1. The number of rotatable bonds is 5. The van der Waals surface area contributed by atoms with Crippen molar-refractivity contribution >= 4 is 17.0 Å². The van der Waals surface area contributed by atoms with Gasteiger partial charge in [0.25, 0.3) is 0 Å². The number of nitrogens with two attached hydrogens (primary N) is 1. The van der Waals surface area contributed by atoms with Crippen molar-refractivity contribution in [2.45, 2.75) is 12.8 Å². The molecule has 0 amide bonds. The van der Waals surface area contributed by atoms with Crippen LogP contribution in [0.3, 0.4) is 0 Å². The number of hydrogen-bond donors (Lipinski definition) is 1. The van der Waals surface area contributed by atoms with Gasteiger partial charge in [-0.3, -0.25) is 10.1 Å². The van der Waals surface area contributed by atoms with Gasteiger partial charge >= 0.3 is 5.69 Å². The van der Waals surface area contributed by atoms with E-state index in [0.29, 0.717) is 30.5 Å². The maximum Gasteiger partial charge on any atom is 0.308 e. The molecule has 0 atom stereocenters. The van der Waals surface area contributed by atoms with Gasteiger partial charge in [-0.2, -0.15) is 4.39 Å². The van der Waals surface area contributed by atoms with Gasteiger partial charge in [0.2, 0.25) is 5.82 Å². The van der Waals surface area contributed by atoms with E-state index in [0.717, 1.165) is 17.4 Å². The van der Waals surface area contributed by atoms with Gasteiger partial charge in [0.05, 0.1) is 16.6 Å². The molecule has 1 heterocycles. The molecule has 0 aliphatic heterocycles. The topological polar surface area (TPSA) is 94.9 Å². The van der Waals surface area contributed by atoms with Gasteiger partial charge in [0, 0.05) is 6.42 Å². The first kappa shape index (κ1) is 14.4. The number of aromatic nitrogens is 2. The van der Waals surface area contributed by atoms with Crippen LogP contribution in [0, 0.1) is 21.7 Å². The first-order chi connectivity index (χ1) is 9.52. The van der Waals surface area contributed by atoms with Crippen LogP contribution in [0.5, 0.6) is 0 Å². The van der Waals surface area contributed by atoms with Gasteiger partial charge in [0.15, 0.2) is 5.01 Å². The molecule has 0 aliphatic carbocycles. The minimum absolute atomic E-state index is 0.108. The Hall–Kier alpha value is -2.00. The lowest BCUT2D eigenvalue weighted by Gasteiger charge is -2.00. The molecule has 1 aromatic carbocycles. The van der Waals surface area contributed by atoms with Crippen LogP contribution in [0.15, 0.2) is 12.1 Å². The Morgan fingerprint density at radius 3 is 2.75 bits per heavy atom. The molecule has 9 heteroatoms. The summed E-state index contributed by atoms with van der Waals surface area (Å²) in [5.41, 5.74) is 4.19. The summed E-state index contributed by atoms with van der Waals surface area (Å²) < 4.78 is 27.3. The van der Waals surface area contributed by atoms with Gasteiger partial charge in [-0.05, 0) is 19.0 Å². The molecular weight excluding hydrogens is 290 g/mol. The average Bonchev–Trinajstić information content (AvgIpc) is 2.87. The predicted octanol–water partition coefficient (Wildman–Crippen LogP) is 2.28. The third-order valence-corrected chi connectivity index (χ3v) is 3.52. The van der Waals surface area contributed by atoms with Crippen molar-refractivity contribution in [2.75, 3.05) is 6.54 Å². The smallest absolute Gasteiger partial charge is 0.308 e. The Labute approximate surface area is 116 Å². The second-order valence-electron chi connectivity index (χ2n) is 3.94. The van der Waals surface area contributed by atoms with Crippen LogP contribution >= 0.6 is 11.3 Å². The largest absolute Gasteiger partial charge is 0.330 e. The Kier molecular flexibility index (Phi) is 4.30. The fourth-order valence-electron chi connectivity index (χ4n) is 1.58. The highest BCUT2D eigenvalue weighted by atomic mass is 32.1. The monoisotopic (exact) mass is 300 g/mol. The van der Waals surface area contributed by atoms with Crippen molar-refractivity contribution < 1.29 is 13.7 Å². The molecule has 6 nitrogen and oxygen atoms in total. The third kappa shape index (κ3) is 2.94. The van der Waals surface area contributed by atoms with Crippen molar-refractivity contribution in [3.8, 4) is 10.6 Å². The van der Waals surface area contributed by atoms with Crippen LogP contribution in [-0.4, -0.2) is 21.7 Å². The molecule has 0 bridgehead atoms. The Balaban J connectivity index is 2.42. The molecule has 2 N–H and O–H groups in total. The summed E-state index contributed by atoms with van der Waals surface area (Å²) in [6, 6.07) is 1.41. The Morgan fingerprint density at radius 2 is 2.10 bits per heavy atom. The van der Waals surface area contributed by atoms with E-state index in [1.54, 1.807) is 0 Å². The second-order valence-corrected chi connectivity index (χ2v) is 5.00. The van der Waals surface area contributed by atoms with Gasteiger partial charge in [-0.15, -0.1) is 10.2 Å². The van der Waals surface area contributed by atoms with E-state index in [1.165, 1.54) is 0 Å². The van der Waals surface area contributed by atoms with E-state index < -0.39 is 22.2 Å². The van der Waals surface area contributed by atoms with Gasteiger partial charge in [-0.1, -0.05) is 11.3 Å². The second kappa shape index (κ2) is 5.97. The molecule has 20 heavy (non-hydrogen) atoms. The molecule has 1 aromatic heterocycles. The lowest BCUT2D eigenvalue weighted by atomic mass is 10.2. The predicted molar refractivity (Wildman–Crippen MR) is 69.3 cm³/mol.